The zero-order valence-corrected chi connectivity index (χ0v) is 12.2. The molecule has 110 valence electrons. The van der Waals surface area contributed by atoms with Crippen molar-refractivity contribution in [2.24, 2.45) is 0 Å². The Morgan fingerprint density at radius 2 is 1.90 bits per heavy atom. The lowest BCUT2D eigenvalue weighted by Crippen LogP contribution is -2.31. The van der Waals surface area contributed by atoms with Crippen LogP contribution in [0.3, 0.4) is 0 Å². The lowest BCUT2D eigenvalue weighted by molar-refractivity contribution is 0.415. The average molecular weight is 284 g/mol. The Hall–Kier alpha value is -2.30. The van der Waals surface area contributed by atoms with E-state index in [0.29, 0.717) is 5.82 Å². The van der Waals surface area contributed by atoms with Crippen molar-refractivity contribution >= 4 is 11.8 Å². The van der Waals surface area contributed by atoms with Crippen LogP contribution in [0.5, 0.6) is 5.75 Å². The molecule has 1 aromatic heterocycles. The van der Waals surface area contributed by atoms with Crippen LogP contribution in [0.2, 0.25) is 0 Å². The maximum atomic E-state index is 5.96. The van der Waals surface area contributed by atoms with E-state index in [4.69, 9.17) is 10.5 Å². The van der Waals surface area contributed by atoms with Crippen LogP contribution in [-0.4, -0.2) is 30.2 Å². The van der Waals surface area contributed by atoms with Gasteiger partial charge in [0.05, 0.1) is 12.8 Å². The fourth-order valence-electron chi connectivity index (χ4n) is 2.62. The van der Waals surface area contributed by atoms with Gasteiger partial charge < -0.3 is 15.4 Å². The zero-order chi connectivity index (χ0) is 14.7. The van der Waals surface area contributed by atoms with Crippen LogP contribution < -0.4 is 15.4 Å². The normalized spacial score (nSPS) is 15.0. The molecule has 1 saturated heterocycles. The van der Waals surface area contributed by atoms with Crippen molar-refractivity contribution in [3.05, 3.63) is 30.3 Å². The van der Waals surface area contributed by atoms with Crippen molar-refractivity contribution < 1.29 is 4.74 Å². The predicted molar refractivity (Wildman–Crippen MR) is 84.5 cm³/mol. The second kappa shape index (κ2) is 5.99. The van der Waals surface area contributed by atoms with E-state index in [2.05, 4.69) is 14.9 Å². The van der Waals surface area contributed by atoms with Gasteiger partial charge in [0.2, 0.25) is 5.95 Å². The van der Waals surface area contributed by atoms with E-state index in [1.54, 1.807) is 7.11 Å². The minimum absolute atomic E-state index is 0.503. The largest absolute Gasteiger partial charge is 0.497 e. The van der Waals surface area contributed by atoms with Crippen LogP contribution >= 0.6 is 0 Å². The summed E-state index contributed by atoms with van der Waals surface area (Å²) in [7, 11) is 1.66. The summed E-state index contributed by atoms with van der Waals surface area (Å²) in [4.78, 5) is 11.3. The molecule has 0 spiro atoms. The van der Waals surface area contributed by atoms with Crippen molar-refractivity contribution in [3.63, 3.8) is 0 Å². The number of hydrogen-bond acceptors (Lipinski definition) is 5. The molecule has 0 aliphatic carbocycles. The van der Waals surface area contributed by atoms with Crippen LogP contribution in [0.1, 0.15) is 19.3 Å². The molecule has 5 nitrogen and oxygen atoms in total. The van der Waals surface area contributed by atoms with Crippen LogP contribution in [0.25, 0.3) is 11.3 Å². The Labute approximate surface area is 124 Å². The molecule has 0 unspecified atom stereocenters. The molecule has 0 radical (unpaired) electrons. The molecule has 2 N–H and O–H groups in total. The van der Waals surface area contributed by atoms with Gasteiger partial charge in [-0.3, -0.25) is 0 Å². The number of nitrogens with zero attached hydrogens (tertiary/aromatic N) is 3. The standard InChI is InChI=1S/C16H20N4O/c1-21-13-7-5-6-12(10-13)14-11-15(17)19-16(18-14)20-8-3-2-4-9-20/h5-7,10-11H,2-4,8-9H2,1H3,(H2,17,18,19). The van der Waals surface area contributed by atoms with Gasteiger partial charge >= 0.3 is 0 Å². The van der Waals surface area contributed by atoms with E-state index < -0.39 is 0 Å². The van der Waals surface area contributed by atoms with Gasteiger partial charge in [0.25, 0.3) is 0 Å². The highest BCUT2D eigenvalue weighted by Crippen LogP contribution is 2.26. The Kier molecular flexibility index (Phi) is 3.90. The number of ether oxygens (including phenoxy) is 1. The summed E-state index contributed by atoms with van der Waals surface area (Å²) in [5.41, 5.74) is 7.79. The molecule has 3 rings (SSSR count). The third kappa shape index (κ3) is 3.07. The molecule has 1 aromatic carbocycles. The highest BCUT2D eigenvalue weighted by Gasteiger charge is 2.15. The van der Waals surface area contributed by atoms with Crippen LogP contribution in [-0.2, 0) is 0 Å². The van der Waals surface area contributed by atoms with Crippen molar-refractivity contribution in [1.82, 2.24) is 9.97 Å². The predicted octanol–water partition coefficient (Wildman–Crippen LogP) is 2.72. The first-order chi connectivity index (χ1) is 10.3. The maximum absolute atomic E-state index is 5.96. The Balaban J connectivity index is 1.96. The van der Waals surface area contributed by atoms with Crippen molar-refractivity contribution in [2.75, 3.05) is 30.8 Å². The van der Waals surface area contributed by atoms with Gasteiger partial charge in [0, 0.05) is 24.7 Å². The average Bonchev–Trinajstić information content (AvgIpc) is 2.55. The third-order valence-electron chi connectivity index (χ3n) is 3.74. The molecule has 0 saturated carbocycles. The lowest BCUT2D eigenvalue weighted by Gasteiger charge is -2.27. The van der Waals surface area contributed by atoms with Gasteiger partial charge in [-0.25, -0.2) is 4.98 Å². The first-order valence-electron chi connectivity index (χ1n) is 7.30. The van der Waals surface area contributed by atoms with E-state index in [1.165, 1.54) is 19.3 Å². The fourth-order valence-corrected chi connectivity index (χ4v) is 2.62. The second-order valence-electron chi connectivity index (χ2n) is 5.26. The summed E-state index contributed by atoms with van der Waals surface area (Å²) in [6.45, 7) is 2.00. The maximum Gasteiger partial charge on any atom is 0.227 e. The number of rotatable bonds is 3. The van der Waals surface area contributed by atoms with Crippen molar-refractivity contribution in [2.45, 2.75) is 19.3 Å². The molecule has 2 aromatic rings. The number of piperidine rings is 1. The number of aromatic nitrogens is 2. The topological polar surface area (TPSA) is 64.3 Å². The van der Waals surface area contributed by atoms with Gasteiger partial charge in [0.1, 0.15) is 11.6 Å². The molecule has 1 aliphatic rings. The monoisotopic (exact) mass is 284 g/mol. The number of methoxy groups -OCH3 is 1. The molecule has 2 heterocycles. The SMILES string of the molecule is COc1cccc(-c2cc(N)nc(N3CCCCC3)n2)c1. The van der Waals surface area contributed by atoms with Crippen LogP contribution in [0.4, 0.5) is 11.8 Å². The van der Waals surface area contributed by atoms with Gasteiger partial charge in [-0.05, 0) is 31.4 Å². The summed E-state index contributed by atoms with van der Waals surface area (Å²) in [6, 6.07) is 9.64. The molecule has 5 heteroatoms. The second-order valence-corrected chi connectivity index (χ2v) is 5.26. The minimum atomic E-state index is 0.503. The van der Waals surface area contributed by atoms with Crippen molar-refractivity contribution in [1.29, 1.82) is 0 Å². The lowest BCUT2D eigenvalue weighted by atomic mass is 10.1. The molecule has 0 amide bonds. The highest BCUT2D eigenvalue weighted by atomic mass is 16.5. The van der Waals surface area contributed by atoms with Crippen LogP contribution in [0, 0.1) is 0 Å². The van der Waals surface area contributed by atoms with Crippen LogP contribution in [0.15, 0.2) is 30.3 Å². The van der Waals surface area contributed by atoms with E-state index in [9.17, 15) is 0 Å². The van der Waals surface area contributed by atoms with Gasteiger partial charge in [-0.1, -0.05) is 12.1 Å². The molecule has 0 bridgehead atoms. The van der Waals surface area contributed by atoms with E-state index in [1.807, 2.05) is 30.3 Å². The summed E-state index contributed by atoms with van der Waals surface area (Å²) < 4.78 is 5.27. The summed E-state index contributed by atoms with van der Waals surface area (Å²) in [5.74, 6) is 2.04. The first-order valence-corrected chi connectivity index (χ1v) is 7.30. The molecule has 21 heavy (non-hydrogen) atoms. The quantitative estimate of drug-likeness (QED) is 0.939. The minimum Gasteiger partial charge on any atom is -0.497 e. The van der Waals surface area contributed by atoms with Crippen molar-refractivity contribution in [3.8, 4) is 17.0 Å². The van der Waals surface area contributed by atoms with E-state index in [-0.39, 0.29) is 0 Å². The molecule has 1 aliphatic heterocycles. The van der Waals surface area contributed by atoms with Gasteiger partial charge in [-0.2, -0.15) is 4.98 Å². The van der Waals surface area contributed by atoms with Gasteiger partial charge in [-0.15, -0.1) is 0 Å². The van der Waals surface area contributed by atoms with Gasteiger partial charge in [0.15, 0.2) is 0 Å². The third-order valence-corrected chi connectivity index (χ3v) is 3.74. The molecule has 1 fully saturated rings. The number of nitrogen functional groups attached to an aromatic ring is 1. The fraction of sp³-hybridized carbons (Fsp3) is 0.375. The number of nitrogens with two attached hydrogens (primary N) is 1. The number of hydrogen-bond donors (Lipinski definition) is 1. The first kappa shape index (κ1) is 13.7. The smallest absolute Gasteiger partial charge is 0.227 e. The molecular formula is C16H20N4O. The molecule has 0 atom stereocenters. The summed E-state index contributed by atoms with van der Waals surface area (Å²) >= 11 is 0. The Morgan fingerprint density at radius 1 is 1.10 bits per heavy atom. The highest BCUT2D eigenvalue weighted by molar-refractivity contribution is 5.65. The van der Waals surface area contributed by atoms with E-state index >= 15 is 0 Å². The van der Waals surface area contributed by atoms with E-state index in [0.717, 1.165) is 36.0 Å². The zero-order valence-electron chi connectivity index (χ0n) is 12.2. The Bertz CT molecular complexity index is 623. The summed E-state index contributed by atoms with van der Waals surface area (Å²) in [5, 5.41) is 0. The Morgan fingerprint density at radius 3 is 2.67 bits per heavy atom. The number of anilines is 2. The number of benzene rings is 1. The summed E-state index contributed by atoms with van der Waals surface area (Å²) in [6.07, 6.45) is 3.65. The molecular weight excluding hydrogens is 264 g/mol.